The van der Waals surface area contributed by atoms with Gasteiger partial charge in [0.1, 0.15) is 5.75 Å². The average molecular weight is 367 g/mol. The zero-order valence-corrected chi connectivity index (χ0v) is 14.9. The molecule has 6 heteroatoms. The number of carbonyl (C=O) groups is 1. The van der Waals surface area contributed by atoms with Crippen molar-refractivity contribution < 1.29 is 17.9 Å². The second kappa shape index (κ2) is 7.41. The van der Waals surface area contributed by atoms with Gasteiger partial charge >= 0.3 is 6.09 Å². The minimum Gasteiger partial charge on any atom is -0.410 e. The van der Waals surface area contributed by atoms with Crippen LogP contribution in [0.15, 0.2) is 94.7 Å². The molecule has 0 heterocycles. The van der Waals surface area contributed by atoms with Crippen molar-refractivity contribution in [3.63, 3.8) is 0 Å². The molecule has 3 rings (SSSR count). The van der Waals surface area contributed by atoms with Crippen molar-refractivity contribution in [3.8, 4) is 5.75 Å². The Morgan fingerprint density at radius 3 is 1.85 bits per heavy atom. The second-order valence-electron chi connectivity index (χ2n) is 5.55. The molecule has 0 spiro atoms. The summed E-state index contributed by atoms with van der Waals surface area (Å²) in [6, 6.07) is 23.0. The Hall–Kier alpha value is -3.12. The summed E-state index contributed by atoms with van der Waals surface area (Å²) in [5, 5.41) is 0. The molecule has 0 saturated heterocycles. The number of hydrogen-bond donors (Lipinski definition) is 0. The molecule has 132 valence electrons. The van der Waals surface area contributed by atoms with E-state index in [0.29, 0.717) is 5.69 Å². The fourth-order valence-electron chi connectivity index (χ4n) is 2.35. The van der Waals surface area contributed by atoms with Crippen LogP contribution in [0.2, 0.25) is 0 Å². The lowest BCUT2D eigenvalue weighted by Crippen LogP contribution is -2.29. The standard InChI is InChI=1S/C20H17NO4S/c1-21(16-8-4-2-5-9-16)20(22)25-17-12-14-19(15-13-17)26(23,24)18-10-6-3-7-11-18/h2-15H,1H3. The van der Waals surface area contributed by atoms with E-state index in [1.54, 1.807) is 37.4 Å². The van der Waals surface area contributed by atoms with Crippen LogP contribution >= 0.6 is 0 Å². The molecule has 0 atom stereocenters. The van der Waals surface area contributed by atoms with E-state index in [4.69, 9.17) is 4.74 Å². The molecule has 26 heavy (non-hydrogen) atoms. The summed E-state index contributed by atoms with van der Waals surface area (Å²) in [5.74, 6) is 0.268. The van der Waals surface area contributed by atoms with Gasteiger partial charge in [0.15, 0.2) is 0 Å². The zero-order chi connectivity index (χ0) is 18.6. The molecule has 3 aromatic carbocycles. The van der Waals surface area contributed by atoms with E-state index in [2.05, 4.69) is 0 Å². The highest BCUT2D eigenvalue weighted by molar-refractivity contribution is 7.91. The summed E-state index contributed by atoms with van der Waals surface area (Å²) in [4.78, 5) is 13.9. The summed E-state index contributed by atoms with van der Waals surface area (Å²) < 4.78 is 30.4. The van der Waals surface area contributed by atoms with Gasteiger partial charge in [-0.15, -0.1) is 0 Å². The molecule has 0 unspecified atom stereocenters. The third-order valence-electron chi connectivity index (χ3n) is 3.81. The molecule has 0 N–H and O–H groups in total. The van der Waals surface area contributed by atoms with E-state index in [1.165, 1.54) is 41.3 Å². The first-order valence-corrected chi connectivity index (χ1v) is 9.37. The summed E-state index contributed by atoms with van der Waals surface area (Å²) >= 11 is 0. The number of amides is 1. The maximum absolute atomic E-state index is 12.5. The molecule has 5 nitrogen and oxygen atoms in total. The molecule has 0 saturated carbocycles. The molecule has 0 aliphatic carbocycles. The van der Waals surface area contributed by atoms with E-state index < -0.39 is 15.9 Å². The predicted molar refractivity (Wildman–Crippen MR) is 99.2 cm³/mol. The van der Waals surface area contributed by atoms with Crippen LogP contribution < -0.4 is 9.64 Å². The molecule has 0 aromatic heterocycles. The summed E-state index contributed by atoms with van der Waals surface area (Å²) in [6.45, 7) is 0. The Labute approximate surface area is 152 Å². The molecule has 3 aromatic rings. The molecule has 0 bridgehead atoms. The zero-order valence-electron chi connectivity index (χ0n) is 14.1. The lowest BCUT2D eigenvalue weighted by atomic mass is 10.3. The van der Waals surface area contributed by atoms with Crippen molar-refractivity contribution in [2.45, 2.75) is 9.79 Å². The van der Waals surface area contributed by atoms with Crippen LogP contribution in [0, 0.1) is 0 Å². The third-order valence-corrected chi connectivity index (χ3v) is 5.60. The van der Waals surface area contributed by atoms with Crippen LogP contribution in [0.3, 0.4) is 0 Å². The maximum Gasteiger partial charge on any atom is 0.419 e. The van der Waals surface area contributed by atoms with Gasteiger partial charge in [-0.3, -0.25) is 4.90 Å². The first-order valence-electron chi connectivity index (χ1n) is 7.89. The van der Waals surface area contributed by atoms with Crippen molar-refractivity contribution in [3.05, 3.63) is 84.9 Å². The third kappa shape index (κ3) is 3.75. The van der Waals surface area contributed by atoms with Crippen LogP contribution in [0.25, 0.3) is 0 Å². The number of anilines is 1. The summed E-state index contributed by atoms with van der Waals surface area (Å²) in [6.07, 6.45) is -0.560. The van der Waals surface area contributed by atoms with Crippen molar-refractivity contribution in [2.75, 3.05) is 11.9 Å². The first-order chi connectivity index (χ1) is 12.5. The minimum atomic E-state index is -3.59. The number of carbonyl (C=O) groups excluding carboxylic acids is 1. The SMILES string of the molecule is CN(C(=O)Oc1ccc(S(=O)(=O)c2ccccc2)cc1)c1ccccc1. The Morgan fingerprint density at radius 1 is 0.769 bits per heavy atom. The van der Waals surface area contributed by atoms with Crippen LogP contribution in [0.5, 0.6) is 5.75 Å². The molecule has 0 aliphatic rings. The highest BCUT2D eigenvalue weighted by atomic mass is 32.2. The van der Waals surface area contributed by atoms with Gasteiger partial charge in [-0.2, -0.15) is 0 Å². The smallest absolute Gasteiger partial charge is 0.410 e. The molecular weight excluding hydrogens is 350 g/mol. The Morgan fingerprint density at radius 2 is 1.27 bits per heavy atom. The van der Waals surface area contributed by atoms with Gasteiger partial charge in [0.2, 0.25) is 9.84 Å². The number of ether oxygens (including phenoxy) is 1. The van der Waals surface area contributed by atoms with E-state index in [1.807, 2.05) is 18.2 Å². The van der Waals surface area contributed by atoms with Crippen LogP contribution in [0.1, 0.15) is 0 Å². The largest absolute Gasteiger partial charge is 0.419 e. The highest BCUT2D eigenvalue weighted by Gasteiger charge is 2.18. The molecular formula is C20H17NO4S. The molecule has 0 aliphatic heterocycles. The van der Waals surface area contributed by atoms with Crippen LogP contribution in [0.4, 0.5) is 10.5 Å². The number of para-hydroxylation sites is 1. The fourth-order valence-corrected chi connectivity index (χ4v) is 3.63. The Balaban J connectivity index is 1.75. The van der Waals surface area contributed by atoms with Gasteiger partial charge in [-0.1, -0.05) is 36.4 Å². The van der Waals surface area contributed by atoms with E-state index in [9.17, 15) is 13.2 Å². The molecule has 0 fully saturated rings. The van der Waals surface area contributed by atoms with Crippen molar-refractivity contribution in [2.24, 2.45) is 0 Å². The number of nitrogens with zero attached hydrogens (tertiary/aromatic N) is 1. The number of benzene rings is 3. The average Bonchev–Trinajstić information content (AvgIpc) is 2.69. The number of rotatable bonds is 4. The fraction of sp³-hybridized carbons (Fsp3) is 0.0500. The predicted octanol–water partition coefficient (Wildman–Crippen LogP) is 4.15. The van der Waals surface area contributed by atoms with Crippen molar-refractivity contribution in [1.82, 2.24) is 0 Å². The quantitative estimate of drug-likeness (QED) is 0.695. The Bertz CT molecular complexity index is 985. The minimum absolute atomic E-state index is 0.139. The Kier molecular flexibility index (Phi) is 5.04. The van der Waals surface area contributed by atoms with E-state index in [-0.39, 0.29) is 15.5 Å². The summed E-state index contributed by atoms with van der Waals surface area (Å²) in [7, 11) is -1.99. The lowest BCUT2D eigenvalue weighted by Gasteiger charge is -2.16. The first kappa shape index (κ1) is 17.7. The number of sulfone groups is 1. The van der Waals surface area contributed by atoms with Gasteiger partial charge in [0, 0.05) is 12.7 Å². The summed E-state index contributed by atoms with van der Waals surface area (Å²) in [5.41, 5.74) is 0.695. The van der Waals surface area contributed by atoms with Crippen LogP contribution in [-0.4, -0.2) is 21.6 Å². The topological polar surface area (TPSA) is 63.7 Å². The van der Waals surface area contributed by atoms with Gasteiger partial charge in [0.05, 0.1) is 9.79 Å². The van der Waals surface area contributed by atoms with Gasteiger partial charge < -0.3 is 4.74 Å². The lowest BCUT2D eigenvalue weighted by molar-refractivity contribution is 0.209. The normalized spacial score (nSPS) is 11.0. The van der Waals surface area contributed by atoms with Crippen LogP contribution in [-0.2, 0) is 9.84 Å². The van der Waals surface area contributed by atoms with Gasteiger partial charge in [0.25, 0.3) is 0 Å². The second-order valence-corrected chi connectivity index (χ2v) is 7.50. The van der Waals surface area contributed by atoms with E-state index in [0.717, 1.165) is 0 Å². The monoisotopic (exact) mass is 367 g/mol. The van der Waals surface area contributed by atoms with Crippen molar-refractivity contribution >= 4 is 21.6 Å². The van der Waals surface area contributed by atoms with E-state index >= 15 is 0 Å². The highest BCUT2D eigenvalue weighted by Crippen LogP contribution is 2.23. The van der Waals surface area contributed by atoms with Gasteiger partial charge in [-0.05, 0) is 48.5 Å². The molecule has 0 radical (unpaired) electrons. The maximum atomic E-state index is 12.5. The van der Waals surface area contributed by atoms with Crippen molar-refractivity contribution in [1.29, 1.82) is 0 Å². The van der Waals surface area contributed by atoms with Gasteiger partial charge in [-0.25, -0.2) is 13.2 Å². The number of hydrogen-bond acceptors (Lipinski definition) is 4. The molecule has 1 amide bonds.